The zero-order valence-corrected chi connectivity index (χ0v) is 13.1. The predicted molar refractivity (Wildman–Crippen MR) is 82.0 cm³/mol. The van der Waals surface area contributed by atoms with Gasteiger partial charge in [-0.15, -0.1) is 0 Å². The number of amides is 1. The summed E-state index contributed by atoms with van der Waals surface area (Å²) in [5.41, 5.74) is 6.01. The third-order valence-electron chi connectivity index (χ3n) is 3.62. The van der Waals surface area contributed by atoms with Gasteiger partial charge in [-0.3, -0.25) is 9.79 Å². The Morgan fingerprint density at radius 3 is 2.75 bits per heavy atom. The van der Waals surface area contributed by atoms with Gasteiger partial charge in [0.15, 0.2) is 5.96 Å². The molecule has 0 bridgehead atoms. The summed E-state index contributed by atoms with van der Waals surface area (Å²) in [7, 11) is 3.51. The van der Waals surface area contributed by atoms with E-state index in [4.69, 9.17) is 10.5 Å². The molecule has 2 rings (SSSR count). The molecule has 7 heteroatoms. The lowest BCUT2D eigenvalue weighted by molar-refractivity contribution is -0.140. The first-order valence-corrected chi connectivity index (χ1v) is 8.22. The lowest BCUT2D eigenvalue weighted by Crippen LogP contribution is -2.43. The Kier molecular flexibility index (Phi) is 5.54. The number of hydrogen-bond acceptors (Lipinski definition) is 4. The number of ether oxygens (including phenoxy) is 1. The van der Waals surface area contributed by atoms with Crippen molar-refractivity contribution < 1.29 is 9.53 Å². The molecule has 0 aliphatic carbocycles. The Morgan fingerprint density at radius 1 is 1.40 bits per heavy atom. The van der Waals surface area contributed by atoms with Gasteiger partial charge in [-0.25, -0.2) is 0 Å². The number of carbonyl (C=O) groups is 1. The highest BCUT2D eigenvalue weighted by atomic mass is 32.2. The summed E-state index contributed by atoms with van der Waals surface area (Å²) in [6.07, 6.45) is 1.35. The van der Waals surface area contributed by atoms with E-state index < -0.39 is 0 Å². The summed E-state index contributed by atoms with van der Waals surface area (Å²) in [4.78, 5) is 19.9. The van der Waals surface area contributed by atoms with Crippen molar-refractivity contribution in [3.05, 3.63) is 0 Å². The van der Waals surface area contributed by atoms with E-state index in [0.29, 0.717) is 12.5 Å². The Hall–Kier alpha value is -0.950. The molecule has 2 atom stereocenters. The molecule has 20 heavy (non-hydrogen) atoms. The fraction of sp³-hybridized carbons (Fsp3) is 0.846. The molecule has 0 spiro atoms. The van der Waals surface area contributed by atoms with Crippen molar-refractivity contribution in [2.24, 2.45) is 10.7 Å². The summed E-state index contributed by atoms with van der Waals surface area (Å²) in [6, 6.07) is 0. The maximum absolute atomic E-state index is 11.8. The standard InChI is InChI=1S/C13H24N4O2S/c1-16(2)12(18)11-4-3-10(19-11)9-15-13(14)17-5-7-20-8-6-17/h10-11H,3-9H2,1-2H3,(H2,14,15). The van der Waals surface area contributed by atoms with Crippen molar-refractivity contribution in [3.8, 4) is 0 Å². The molecule has 2 aliphatic heterocycles. The van der Waals surface area contributed by atoms with Crippen molar-refractivity contribution >= 4 is 23.6 Å². The number of nitrogens with two attached hydrogens (primary N) is 1. The molecule has 2 aliphatic rings. The fourth-order valence-electron chi connectivity index (χ4n) is 2.40. The van der Waals surface area contributed by atoms with Crippen LogP contribution in [0.4, 0.5) is 0 Å². The average molecular weight is 300 g/mol. The SMILES string of the molecule is CN(C)C(=O)C1CCC(CN=C(N)N2CCSCC2)O1. The molecular formula is C13H24N4O2S. The number of hydrogen-bond donors (Lipinski definition) is 1. The van der Waals surface area contributed by atoms with E-state index in [1.807, 2.05) is 11.8 Å². The van der Waals surface area contributed by atoms with Gasteiger partial charge in [0.05, 0.1) is 12.6 Å². The highest BCUT2D eigenvalue weighted by Crippen LogP contribution is 2.21. The molecule has 2 N–H and O–H groups in total. The first kappa shape index (κ1) is 15.4. The van der Waals surface area contributed by atoms with Crippen molar-refractivity contribution in [1.29, 1.82) is 0 Å². The van der Waals surface area contributed by atoms with E-state index in [2.05, 4.69) is 9.89 Å². The predicted octanol–water partition coefficient (Wildman–Crippen LogP) is -0.0143. The van der Waals surface area contributed by atoms with E-state index in [9.17, 15) is 4.79 Å². The highest BCUT2D eigenvalue weighted by molar-refractivity contribution is 7.99. The third kappa shape index (κ3) is 4.02. The zero-order valence-electron chi connectivity index (χ0n) is 12.2. The molecule has 2 fully saturated rings. The fourth-order valence-corrected chi connectivity index (χ4v) is 3.30. The average Bonchev–Trinajstić information content (AvgIpc) is 2.93. The smallest absolute Gasteiger partial charge is 0.251 e. The van der Waals surface area contributed by atoms with E-state index in [1.165, 1.54) is 0 Å². The van der Waals surface area contributed by atoms with Crippen LogP contribution >= 0.6 is 11.8 Å². The van der Waals surface area contributed by atoms with E-state index in [-0.39, 0.29) is 18.1 Å². The second kappa shape index (κ2) is 7.17. The van der Waals surface area contributed by atoms with Crippen LogP contribution in [0.25, 0.3) is 0 Å². The summed E-state index contributed by atoms with van der Waals surface area (Å²) in [6.45, 7) is 2.48. The Bertz CT molecular complexity index is 369. The van der Waals surface area contributed by atoms with Crippen LogP contribution in [0.3, 0.4) is 0 Å². The quantitative estimate of drug-likeness (QED) is 0.586. The zero-order chi connectivity index (χ0) is 14.5. The first-order chi connectivity index (χ1) is 9.58. The van der Waals surface area contributed by atoms with Crippen LogP contribution in [-0.4, -0.2) is 79.1 Å². The molecule has 0 aromatic heterocycles. The van der Waals surface area contributed by atoms with Crippen LogP contribution in [-0.2, 0) is 9.53 Å². The minimum atomic E-state index is -0.308. The summed E-state index contributed by atoms with van der Waals surface area (Å²) < 4.78 is 5.75. The van der Waals surface area contributed by atoms with Gasteiger partial charge < -0.3 is 20.3 Å². The number of rotatable bonds is 3. The minimum Gasteiger partial charge on any atom is -0.370 e. The van der Waals surface area contributed by atoms with Crippen LogP contribution in [0.5, 0.6) is 0 Å². The van der Waals surface area contributed by atoms with Gasteiger partial charge in [0, 0.05) is 38.7 Å². The van der Waals surface area contributed by atoms with E-state index >= 15 is 0 Å². The number of guanidine groups is 1. The maximum Gasteiger partial charge on any atom is 0.251 e. The van der Waals surface area contributed by atoms with Crippen LogP contribution < -0.4 is 5.73 Å². The van der Waals surface area contributed by atoms with Gasteiger partial charge in [-0.05, 0) is 12.8 Å². The number of nitrogens with zero attached hydrogens (tertiary/aromatic N) is 3. The number of carbonyl (C=O) groups excluding carboxylic acids is 1. The normalized spacial score (nSPS) is 27.7. The molecule has 0 aromatic rings. The number of thioether (sulfide) groups is 1. The molecule has 0 radical (unpaired) electrons. The number of likely N-dealkylation sites (N-methyl/N-ethyl adjacent to an activating group) is 1. The molecule has 2 unspecified atom stereocenters. The van der Waals surface area contributed by atoms with Crippen LogP contribution in [0.1, 0.15) is 12.8 Å². The van der Waals surface area contributed by atoms with Crippen molar-refractivity contribution in [1.82, 2.24) is 9.80 Å². The lowest BCUT2D eigenvalue weighted by Gasteiger charge is -2.27. The molecule has 2 heterocycles. The van der Waals surface area contributed by atoms with Crippen molar-refractivity contribution in [2.45, 2.75) is 25.0 Å². The third-order valence-corrected chi connectivity index (χ3v) is 4.56. The topological polar surface area (TPSA) is 71.2 Å². The Morgan fingerprint density at radius 2 is 2.10 bits per heavy atom. The molecular weight excluding hydrogens is 276 g/mol. The van der Waals surface area contributed by atoms with E-state index in [1.54, 1.807) is 19.0 Å². The Labute approximate surface area is 124 Å². The summed E-state index contributed by atoms with van der Waals surface area (Å²) >= 11 is 1.95. The largest absolute Gasteiger partial charge is 0.370 e. The van der Waals surface area contributed by atoms with Crippen LogP contribution in [0, 0.1) is 0 Å². The summed E-state index contributed by atoms with van der Waals surface area (Å²) in [5, 5.41) is 0. The van der Waals surface area contributed by atoms with Crippen LogP contribution in [0.15, 0.2) is 4.99 Å². The van der Waals surface area contributed by atoms with Gasteiger partial charge in [0.1, 0.15) is 6.10 Å². The van der Waals surface area contributed by atoms with E-state index in [0.717, 1.165) is 37.4 Å². The molecule has 2 saturated heterocycles. The monoisotopic (exact) mass is 300 g/mol. The lowest BCUT2D eigenvalue weighted by atomic mass is 10.2. The molecule has 114 valence electrons. The van der Waals surface area contributed by atoms with Crippen molar-refractivity contribution in [2.75, 3.05) is 45.2 Å². The molecule has 1 amide bonds. The molecule has 0 aromatic carbocycles. The van der Waals surface area contributed by atoms with Gasteiger partial charge in [0.25, 0.3) is 5.91 Å². The van der Waals surface area contributed by atoms with Crippen LogP contribution in [0.2, 0.25) is 0 Å². The molecule has 6 nitrogen and oxygen atoms in total. The molecule has 0 saturated carbocycles. The second-order valence-corrected chi connectivity index (χ2v) is 6.58. The van der Waals surface area contributed by atoms with Gasteiger partial charge in [-0.1, -0.05) is 0 Å². The minimum absolute atomic E-state index is 0.0154. The number of aliphatic imine (C=N–C) groups is 1. The van der Waals surface area contributed by atoms with Gasteiger partial charge >= 0.3 is 0 Å². The summed E-state index contributed by atoms with van der Waals surface area (Å²) in [5.74, 6) is 2.86. The Balaban J connectivity index is 1.78. The second-order valence-electron chi connectivity index (χ2n) is 5.36. The van der Waals surface area contributed by atoms with Gasteiger partial charge in [-0.2, -0.15) is 11.8 Å². The van der Waals surface area contributed by atoms with Gasteiger partial charge in [0.2, 0.25) is 0 Å². The first-order valence-electron chi connectivity index (χ1n) is 7.07. The highest BCUT2D eigenvalue weighted by Gasteiger charge is 2.31. The van der Waals surface area contributed by atoms with Crippen molar-refractivity contribution in [3.63, 3.8) is 0 Å². The maximum atomic E-state index is 11.8.